The lowest BCUT2D eigenvalue weighted by Crippen LogP contribution is -1.86. The maximum absolute atomic E-state index is 5.59. The minimum atomic E-state index is 1.04. The van der Waals surface area contributed by atoms with Crippen LogP contribution in [-0.4, -0.2) is 0 Å². The molecule has 2 heterocycles. The van der Waals surface area contributed by atoms with Gasteiger partial charge in [-0.15, -0.1) is 0 Å². The van der Waals surface area contributed by atoms with Gasteiger partial charge in [-0.25, -0.2) is 0 Å². The van der Waals surface area contributed by atoms with Gasteiger partial charge in [0.15, 0.2) is 0 Å². The van der Waals surface area contributed by atoms with Gasteiger partial charge in [-0.1, -0.05) is 103 Å². The van der Waals surface area contributed by atoms with Crippen LogP contribution in [0.4, 0.5) is 0 Å². The maximum atomic E-state index is 5.59. The molecule has 0 saturated carbocycles. The molecule has 0 spiro atoms. The van der Waals surface area contributed by atoms with Crippen LogP contribution in [0.5, 0.6) is 0 Å². The van der Waals surface area contributed by atoms with Gasteiger partial charge in [0.05, 0.1) is 0 Å². The van der Waals surface area contributed by atoms with Crippen molar-refractivity contribution >= 4 is 11.2 Å². The zero-order valence-electron chi connectivity index (χ0n) is 16.7. The normalized spacial score (nSPS) is 11.7. The fourth-order valence-corrected chi connectivity index (χ4v) is 3.90. The number of hydrogen-bond donors (Lipinski definition) is 0. The second kappa shape index (κ2) is 13.3. The molecule has 0 fully saturated rings. The van der Waals surface area contributed by atoms with E-state index in [9.17, 15) is 0 Å². The molecule has 1 nitrogen and oxygen atoms in total. The summed E-state index contributed by atoms with van der Waals surface area (Å²) in [5, 5.41) is 0. The van der Waals surface area contributed by atoms with E-state index in [0.29, 0.717) is 0 Å². The highest BCUT2D eigenvalue weighted by atomic mass is 16.3. The van der Waals surface area contributed by atoms with Crippen LogP contribution in [0.15, 0.2) is 22.6 Å². The first kappa shape index (κ1) is 20.3. The van der Waals surface area contributed by atoms with Crippen LogP contribution in [0, 0.1) is 0 Å². The number of hydrogen-bond acceptors (Lipinski definition) is 1. The van der Waals surface area contributed by atoms with Crippen LogP contribution in [0.1, 0.15) is 115 Å². The standard InChI is InChI=1S/C24H40O/c1-2-3-4-5-6-7-8-9-10-11-12-13-14-15-16-17-18-22-21-23-19-20-24(22)25-23/h19-21H,2-18H2,1H3. The van der Waals surface area contributed by atoms with Crippen LogP contribution in [0.3, 0.4) is 0 Å². The molecular formula is C24H40O. The summed E-state index contributed by atoms with van der Waals surface area (Å²) in [4.78, 5) is 0. The summed E-state index contributed by atoms with van der Waals surface area (Å²) in [6, 6.07) is 6.38. The number of unbranched alkanes of at least 4 members (excludes halogenated alkanes) is 15. The van der Waals surface area contributed by atoms with E-state index in [-0.39, 0.29) is 0 Å². The number of rotatable bonds is 17. The van der Waals surface area contributed by atoms with Gasteiger partial charge in [0.25, 0.3) is 0 Å². The van der Waals surface area contributed by atoms with Gasteiger partial charge >= 0.3 is 0 Å². The van der Waals surface area contributed by atoms with Gasteiger partial charge in [-0.3, -0.25) is 0 Å². The summed E-state index contributed by atoms with van der Waals surface area (Å²) < 4.78 is 5.59. The van der Waals surface area contributed by atoms with Gasteiger partial charge < -0.3 is 4.42 Å². The zero-order chi connectivity index (χ0) is 17.6. The van der Waals surface area contributed by atoms with Crippen molar-refractivity contribution in [3.05, 3.63) is 23.8 Å². The van der Waals surface area contributed by atoms with Gasteiger partial charge in [0, 0.05) is 0 Å². The molecule has 0 aliphatic carbocycles. The molecule has 0 saturated heterocycles. The summed E-state index contributed by atoms with van der Waals surface area (Å²) >= 11 is 0. The van der Waals surface area contributed by atoms with E-state index in [1.165, 1.54) is 115 Å². The molecule has 0 atom stereocenters. The summed E-state index contributed by atoms with van der Waals surface area (Å²) in [5.41, 5.74) is 3.57. The Kier molecular flexibility index (Phi) is 10.8. The Morgan fingerprint density at radius 1 is 0.600 bits per heavy atom. The highest BCUT2D eigenvalue weighted by molar-refractivity contribution is 5.65. The number of furan rings is 2. The van der Waals surface area contributed by atoms with Crippen molar-refractivity contribution in [2.24, 2.45) is 0 Å². The van der Waals surface area contributed by atoms with E-state index >= 15 is 0 Å². The Labute approximate surface area is 155 Å². The van der Waals surface area contributed by atoms with E-state index in [2.05, 4.69) is 25.1 Å². The molecule has 0 N–H and O–H groups in total. The zero-order valence-corrected chi connectivity index (χ0v) is 16.7. The van der Waals surface area contributed by atoms with Crippen molar-refractivity contribution in [3.8, 4) is 0 Å². The van der Waals surface area contributed by atoms with Crippen LogP contribution in [0.25, 0.3) is 11.2 Å². The van der Waals surface area contributed by atoms with E-state index in [1.807, 2.05) is 0 Å². The largest absolute Gasteiger partial charge is 0.457 e. The summed E-state index contributed by atoms with van der Waals surface area (Å²) in [7, 11) is 0. The molecule has 0 aliphatic heterocycles. The quantitative estimate of drug-likeness (QED) is 0.262. The molecule has 1 heteroatoms. The number of fused-ring (bicyclic) bond motifs is 2. The van der Waals surface area contributed by atoms with E-state index in [1.54, 1.807) is 0 Å². The Morgan fingerprint density at radius 2 is 1.08 bits per heavy atom. The van der Waals surface area contributed by atoms with Crippen molar-refractivity contribution in [1.29, 1.82) is 0 Å². The van der Waals surface area contributed by atoms with Crippen molar-refractivity contribution < 1.29 is 4.42 Å². The van der Waals surface area contributed by atoms with Crippen molar-refractivity contribution in [2.45, 2.75) is 116 Å². The number of benzene rings is 1. The van der Waals surface area contributed by atoms with Gasteiger partial charge in [0.2, 0.25) is 0 Å². The Hall–Kier alpha value is -0.980. The average molecular weight is 345 g/mol. The number of aryl methyl sites for hydroxylation is 1. The minimum absolute atomic E-state index is 1.04. The molecule has 0 unspecified atom stereocenters. The van der Waals surface area contributed by atoms with Gasteiger partial charge in [-0.05, 0) is 36.6 Å². The molecule has 25 heavy (non-hydrogen) atoms. The SMILES string of the molecule is CCCCCCCCCCCCCCCCCCc1cc2ccc1o2. The van der Waals surface area contributed by atoms with Crippen molar-refractivity contribution in [2.75, 3.05) is 0 Å². The smallest absolute Gasteiger partial charge is 0.130 e. The van der Waals surface area contributed by atoms with Gasteiger partial charge in [0.1, 0.15) is 11.2 Å². The lowest BCUT2D eigenvalue weighted by atomic mass is 10.0. The predicted molar refractivity (Wildman–Crippen MR) is 111 cm³/mol. The fourth-order valence-electron chi connectivity index (χ4n) is 3.90. The summed E-state index contributed by atoms with van der Waals surface area (Å²) in [6.45, 7) is 2.29. The first-order valence-corrected chi connectivity index (χ1v) is 11.2. The molecule has 0 aliphatic rings. The highest BCUT2D eigenvalue weighted by Gasteiger charge is 2.05. The van der Waals surface area contributed by atoms with Crippen molar-refractivity contribution in [1.82, 2.24) is 0 Å². The van der Waals surface area contributed by atoms with E-state index in [0.717, 1.165) is 11.2 Å². The van der Waals surface area contributed by atoms with Crippen LogP contribution >= 0.6 is 0 Å². The predicted octanol–water partition coefficient (Wildman–Crippen LogP) is 8.67. The molecule has 0 amide bonds. The van der Waals surface area contributed by atoms with Crippen molar-refractivity contribution in [3.63, 3.8) is 0 Å². The van der Waals surface area contributed by atoms with E-state index in [4.69, 9.17) is 4.42 Å². The lowest BCUT2D eigenvalue weighted by Gasteiger charge is -2.03. The summed E-state index contributed by atoms with van der Waals surface area (Å²) in [6.07, 6.45) is 24.2. The third kappa shape index (κ3) is 8.79. The monoisotopic (exact) mass is 344 g/mol. The van der Waals surface area contributed by atoms with Gasteiger partial charge in [-0.2, -0.15) is 0 Å². The molecular weight excluding hydrogens is 304 g/mol. The third-order valence-corrected chi connectivity index (χ3v) is 5.56. The molecule has 142 valence electrons. The Bertz CT molecular complexity index is 512. The van der Waals surface area contributed by atoms with Crippen LogP contribution in [0.2, 0.25) is 0 Å². The molecule has 0 aromatic carbocycles. The molecule has 2 aromatic heterocycles. The Morgan fingerprint density at radius 3 is 1.48 bits per heavy atom. The topological polar surface area (TPSA) is 13.1 Å². The lowest BCUT2D eigenvalue weighted by molar-refractivity contribution is 0.529. The Balaban J connectivity index is 1.26. The maximum Gasteiger partial charge on any atom is 0.130 e. The first-order valence-electron chi connectivity index (χ1n) is 11.2. The van der Waals surface area contributed by atoms with Crippen LogP contribution < -0.4 is 0 Å². The average Bonchev–Trinajstić information content (AvgIpc) is 3.24. The van der Waals surface area contributed by atoms with E-state index < -0.39 is 0 Å². The molecule has 2 rings (SSSR count). The minimum Gasteiger partial charge on any atom is -0.457 e. The third-order valence-electron chi connectivity index (χ3n) is 5.56. The molecule has 2 aromatic rings. The first-order chi connectivity index (χ1) is 12.4. The second-order valence-corrected chi connectivity index (χ2v) is 7.92. The van der Waals surface area contributed by atoms with Crippen LogP contribution in [-0.2, 0) is 6.42 Å². The fraction of sp³-hybridized carbons (Fsp3) is 0.750. The molecule has 2 bridgehead atoms. The second-order valence-electron chi connectivity index (χ2n) is 7.92. The summed E-state index contributed by atoms with van der Waals surface area (Å²) in [5.74, 6) is 0. The highest BCUT2D eigenvalue weighted by Crippen LogP contribution is 2.23. The molecule has 0 radical (unpaired) electrons.